The molecule has 0 saturated heterocycles. The van der Waals surface area contributed by atoms with E-state index in [0.717, 1.165) is 33.5 Å². The largest absolute Gasteiger partial charge is 0.494 e. The number of ether oxygens (including phenoxy) is 1. The maximum atomic E-state index is 6.45. The third kappa shape index (κ3) is 2.12. The van der Waals surface area contributed by atoms with Gasteiger partial charge in [0, 0.05) is 10.9 Å². The van der Waals surface area contributed by atoms with Crippen molar-refractivity contribution in [3.8, 4) is 17.0 Å². The van der Waals surface area contributed by atoms with Gasteiger partial charge in [0.1, 0.15) is 11.3 Å². The van der Waals surface area contributed by atoms with Crippen molar-refractivity contribution in [2.75, 3.05) is 7.11 Å². The summed E-state index contributed by atoms with van der Waals surface area (Å²) in [5.41, 5.74) is 3.80. The molecule has 0 fully saturated rings. The van der Waals surface area contributed by atoms with Gasteiger partial charge in [0.25, 0.3) is 0 Å². The summed E-state index contributed by atoms with van der Waals surface area (Å²) < 4.78 is 5.41. The molecule has 1 heterocycles. The lowest BCUT2D eigenvalue weighted by molar-refractivity contribution is 0.419. The number of fused-ring (bicyclic) bond motifs is 1. The van der Waals surface area contributed by atoms with Crippen molar-refractivity contribution in [2.45, 2.75) is 6.92 Å². The summed E-state index contributed by atoms with van der Waals surface area (Å²) in [7, 11) is 1.65. The van der Waals surface area contributed by atoms with E-state index in [1.54, 1.807) is 7.11 Å². The highest BCUT2D eigenvalue weighted by molar-refractivity contribution is 6.36. The fourth-order valence-corrected chi connectivity index (χ4v) is 2.69. The molecule has 2 aromatic carbocycles. The molecule has 0 spiro atoms. The first-order chi connectivity index (χ1) is 9.70. The van der Waals surface area contributed by atoms with E-state index in [1.807, 2.05) is 55.5 Å². The van der Waals surface area contributed by atoms with E-state index in [4.69, 9.17) is 21.3 Å². The Balaban J connectivity index is 2.33. The van der Waals surface area contributed by atoms with Crippen LogP contribution in [0.4, 0.5) is 0 Å². The van der Waals surface area contributed by atoms with Crippen LogP contribution in [0.3, 0.4) is 0 Å². The molecule has 0 saturated carbocycles. The second-order valence-corrected chi connectivity index (χ2v) is 5.07. The SMILES string of the molecule is COc1ccc(C)c2c(Cl)cc(-c3ccccc3)nc12. The van der Waals surface area contributed by atoms with Crippen LogP contribution >= 0.6 is 11.6 Å². The van der Waals surface area contributed by atoms with Crippen molar-refractivity contribution < 1.29 is 4.74 Å². The zero-order chi connectivity index (χ0) is 14.1. The van der Waals surface area contributed by atoms with Crippen LogP contribution < -0.4 is 4.74 Å². The standard InChI is InChI=1S/C17H14ClNO/c1-11-8-9-15(20-2)17-16(11)13(18)10-14(19-17)12-6-4-3-5-7-12/h3-10H,1-2H3. The smallest absolute Gasteiger partial charge is 0.145 e. The molecular weight excluding hydrogens is 270 g/mol. The van der Waals surface area contributed by atoms with E-state index < -0.39 is 0 Å². The first kappa shape index (κ1) is 12.9. The molecule has 2 nitrogen and oxygen atoms in total. The zero-order valence-electron chi connectivity index (χ0n) is 11.4. The molecule has 0 N–H and O–H groups in total. The minimum Gasteiger partial charge on any atom is -0.494 e. The number of nitrogens with zero attached hydrogens (tertiary/aromatic N) is 1. The van der Waals surface area contributed by atoms with Crippen molar-refractivity contribution in [1.29, 1.82) is 0 Å². The molecule has 3 heteroatoms. The van der Waals surface area contributed by atoms with E-state index in [0.29, 0.717) is 5.02 Å². The Hall–Kier alpha value is -2.06. The predicted molar refractivity (Wildman–Crippen MR) is 83.5 cm³/mol. The van der Waals surface area contributed by atoms with Gasteiger partial charge < -0.3 is 4.74 Å². The molecule has 0 atom stereocenters. The summed E-state index contributed by atoms with van der Waals surface area (Å²) in [5, 5.41) is 1.65. The topological polar surface area (TPSA) is 22.1 Å². The van der Waals surface area contributed by atoms with E-state index in [1.165, 1.54) is 0 Å². The van der Waals surface area contributed by atoms with Gasteiger partial charge in [-0.05, 0) is 24.6 Å². The molecule has 0 radical (unpaired) electrons. The Morgan fingerprint density at radius 2 is 1.80 bits per heavy atom. The first-order valence-corrected chi connectivity index (χ1v) is 6.78. The van der Waals surface area contributed by atoms with Crippen molar-refractivity contribution >= 4 is 22.5 Å². The van der Waals surface area contributed by atoms with E-state index in [-0.39, 0.29) is 0 Å². The predicted octanol–water partition coefficient (Wildman–Crippen LogP) is 4.87. The van der Waals surface area contributed by atoms with Gasteiger partial charge in [-0.15, -0.1) is 0 Å². The second kappa shape index (κ2) is 5.14. The number of methoxy groups -OCH3 is 1. The zero-order valence-corrected chi connectivity index (χ0v) is 12.1. The van der Waals surface area contributed by atoms with E-state index in [9.17, 15) is 0 Å². The minimum atomic E-state index is 0.699. The molecule has 0 bridgehead atoms. The molecule has 100 valence electrons. The van der Waals surface area contributed by atoms with Gasteiger partial charge in [0.05, 0.1) is 17.8 Å². The fraction of sp³-hybridized carbons (Fsp3) is 0.118. The van der Waals surface area contributed by atoms with Gasteiger partial charge in [0.2, 0.25) is 0 Å². The summed E-state index contributed by atoms with van der Waals surface area (Å²) in [5.74, 6) is 0.741. The number of pyridine rings is 1. The van der Waals surface area contributed by atoms with Crippen LogP contribution in [0.15, 0.2) is 48.5 Å². The second-order valence-electron chi connectivity index (χ2n) is 4.66. The molecule has 20 heavy (non-hydrogen) atoms. The van der Waals surface area contributed by atoms with Crippen LogP contribution in [0.25, 0.3) is 22.2 Å². The summed E-state index contributed by atoms with van der Waals surface area (Å²) in [6.07, 6.45) is 0. The lowest BCUT2D eigenvalue weighted by Gasteiger charge is -2.11. The van der Waals surface area contributed by atoms with Gasteiger partial charge in [0.15, 0.2) is 0 Å². The van der Waals surface area contributed by atoms with Crippen LogP contribution in [0.1, 0.15) is 5.56 Å². The number of aromatic nitrogens is 1. The Bertz CT molecular complexity index is 769. The lowest BCUT2D eigenvalue weighted by Crippen LogP contribution is -1.93. The van der Waals surface area contributed by atoms with E-state index >= 15 is 0 Å². The maximum absolute atomic E-state index is 6.45. The molecule has 0 amide bonds. The Kier molecular flexibility index (Phi) is 3.33. The van der Waals surface area contributed by atoms with Crippen molar-refractivity contribution in [3.05, 3.63) is 59.1 Å². The van der Waals surface area contributed by atoms with Crippen molar-refractivity contribution in [1.82, 2.24) is 4.98 Å². The Morgan fingerprint density at radius 3 is 2.50 bits per heavy atom. The minimum absolute atomic E-state index is 0.699. The maximum Gasteiger partial charge on any atom is 0.145 e. The lowest BCUT2D eigenvalue weighted by atomic mass is 10.1. The number of halogens is 1. The Morgan fingerprint density at radius 1 is 1.05 bits per heavy atom. The first-order valence-electron chi connectivity index (χ1n) is 6.40. The van der Waals surface area contributed by atoms with Crippen molar-refractivity contribution in [3.63, 3.8) is 0 Å². The van der Waals surface area contributed by atoms with Crippen LogP contribution in [0, 0.1) is 6.92 Å². The number of rotatable bonds is 2. The molecular formula is C17H14ClNO. The van der Waals surface area contributed by atoms with Gasteiger partial charge >= 0.3 is 0 Å². The number of benzene rings is 2. The van der Waals surface area contributed by atoms with Crippen molar-refractivity contribution in [2.24, 2.45) is 0 Å². The molecule has 0 aliphatic rings. The Labute approximate surface area is 123 Å². The third-order valence-corrected chi connectivity index (χ3v) is 3.67. The summed E-state index contributed by atoms with van der Waals surface area (Å²) in [6, 6.07) is 15.8. The molecule has 0 aliphatic carbocycles. The average molecular weight is 284 g/mol. The summed E-state index contributed by atoms with van der Waals surface area (Å²) in [6.45, 7) is 2.03. The third-order valence-electron chi connectivity index (χ3n) is 3.37. The van der Waals surface area contributed by atoms with Crippen LogP contribution in [-0.4, -0.2) is 12.1 Å². The van der Waals surface area contributed by atoms with E-state index in [2.05, 4.69) is 0 Å². The number of hydrogen-bond donors (Lipinski definition) is 0. The van der Waals surface area contributed by atoms with Crippen LogP contribution in [0.5, 0.6) is 5.75 Å². The summed E-state index contributed by atoms with van der Waals surface area (Å²) in [4.78, 5) is 4.73. The summed E-state index contributed by atoms with van der Waals surface area (Å²) >= 11 is 6.45. The molecule has 0 unspecified atom stereocenters. The molecule has 3 aromatic rings. The van der Waals surface area contributed by atoms with Gasteiger partial charge in [-0.3, -0.25) is 0 Å². The normalized spacial score (nSPS) is 10.8. The van der Waals surface area contributed by atoms with Gasteiger partial charge in [-0.1, -0.05) is 48.0 Å². The molecule has 1 aromatic heterocycles. The van der Waals surface area contributed by atoms with Gasteiger partial charge in [-0.2, -0.15) is 0 Å². The average Bonchev–Trinajstić information content (AvgIpc) is 2.48. The fourth-order valence-electron chi connectivity index (χ4n) is 2.35. The van der Waals surface area contributed by atoms with Gasteiger partial charge in [-0.25, -0.2) is 4.98 Å². The quantitative estimate of drug-likeness (QED) is 0.669. The molecule has 0 aliphatic heterocycles. The number of hydrogen-bond acceptors (Lipinski definition) is 2. The van der Waals surface area contributed by atoms with Crippen LogP contribution in [-0.2, 0) is 0 Å². The molecule has 3 rings (SSSR count). The number of aryl methyl sites for hydroxylation is 1. The monoisotopic (exact) mass is 283 g/mol. The highest BCUT2D eigenvalue weighted by atomic mass is 35.5. The highest BCUT2D eigenvalue weighted by Gasteiger charge is 2.12. The highest BCUT2D eigenvalue weighted by Crippen LogP contribution is 2.34. The van der Waals surface area contributed by atoms with Crippen LogP contribution in [0.2, 0.25) is 5.02 Å².